The fraction of sp³-hybridized carbons (Fsp3) is 0.500. The number of rotatable bonds is 0. The number of hydrogen-bond acceptors (Lipinski definition) is 6. The molecule has 0 aliphatic heterocycles. The zero-order valence-electron chi connectivity index (χ0n) is 10.7. The standard InChI is InChI=1S/3C2HF3O2.Eu.3H2O/c3*3-2(4,5)1(6)7;;;;/h3*(H,6,7);;3*1H2/q;;;+3;;;/p-3. The Balaban J connectivity index is -0.0000000360. The third-order valence-corrected chi connectivity index (χ3v) is 0.694. The van der Waals surface area contributed by atoms with E-state index in [4.69, 9.17) is 29.7 Å². The molecule has 0 rings (SSSR count). The molecule has 6 N–H and O–H groups in total. The van der Waals surface area contributed by atoms with Gasteiger partial charge < -0.3 is 46.1 Å². The summed E-state index contributed by atoms with van der Waals surface area (Å²) in [6.45, 7) is 0. The maximum Gasteiger partial charge on any atom is 3.00 e. The molecule has 19 heteroatoms. The van der Waals surface area contributed by atoms with Crippen LogP contribution in [0.3, 0.4) is 0 Å². The van der Waals surface area contributed by atoms with Gasteiger partial charge in [-0.05, 0) is 0 Å². The van der Waals surface area contributed by atoms with E-state index >= 15 is 0 Å². The van der Waals surface area contributed by atoms with E-state index in [1.54, 1.807) is 0 Å². The topological polar surface area (TPSA) is 215 Å². The van der Waals surface area contributed by atoms with Crippen molar-refractivity contribution in [2.75, 3.05) is 0 Å². The summed E-state index contributed by atoms with van der Waals surface area (Å²) in [5.41, 5.74) is 0. The maximum atomic E-state index is 10.5. The Kier molecular flexibility index (Phi) is 29.4. The molecule has 0 saturated carbocycles. The number of carboxylic acid groups (broad SMARTS) is 3. The van der Waals surface area contributed by atoms with Crippen molar-refractivity contribution < 1.29 is 135 Å². The number of halogens is 9. The van der Waals surface area contributed by atoms with Crippen LogP contribution in [-0.4, -0.2) is 52.9 Å². The number of carbonyl (C=O) groups excluding carboxylic acids is 3. The van der Waals surface area contributed by atoms with Crippen molar-refractivity contribution in [1.82, 2.24) is 0 Å². The molecule has 0 bridgehead atoms. The Bertz CT molecular complexity index is 318. The third kappa shape index (κ3) is 35.3. The largest absolute Gasteiger partial charge is 3.00 e. The average molecular weight is 545 g/mol. The minimum Gasteiger partial charge on any atom is -0.542 e. The molecule has 154 valence electrons. The molecule has 0 unspecified atom stereocenters. The first-order chi connectivity index (χ1) is 8.83. The normalized spacial score (nSPS) is 9.48. The molecule has 0 aromatic carbocycles. The summed E-state index contributed by atoms with van der Waals surface area (Å²) in [6.07, 6.45) is -15.6. The van der Waals surface area contributed by atoms with Crippen LogP contribution in [0.5, 0.6) is 0 Å². The van der Waals surface area contributed by atoms with E-state index in [1.165, 1.54) is 0 Å². The molecule has 0 fully saturated rings. The van der Waals surface area contributed by atoms with Crippen molar-refractivity contribution in [1.29, 1.82) is 0 Å². The van der Waals surface area contributed by atoms with Crippen LogP contribution in [0, 0.1) is 49.4 Å². The van der Waals surface area contributed by atoms with Crippen molar-refractivity contribution in [3.63, 3.8) is 0 Å². The molecule has 0 aliphatic carbocycles. The number of carboxylic acids is 3. The molecule has 0 saturated heterocycles. The van der Waals surface area contributed by atoms with E-state index in [2.05, 4.69) is 0 Å². The zero-order valence-corrected chi connectivity index (χ0v) is 13.2. The minimum atomic E-state index is -5.19. The van der Waals surface area contributed by atoms with E-state index in [1.807, 2.05) is 0 Å². The number of hydrogen-bond donors (Lipinski definition) is 0. The Morgan fingerprint density at radius 3 is 0.520 bits per heavy atom. The predicted octanol–water partition coefficient (Wildman–Crippen LogP) is -4.58. The fourth-order valence-corrected chi connectivity index (χ4v) is 0. The van der Waals surface area contributed by atoms with Crippen LogP contribution in [0.25, 0.3) is 0 Å². The molecule has 0 aromatic heterocycles. The van der Waals surface area contributed by atoms with Crippen molar-refractivity contribution in [3.8, 4) is 0 Å². The monoisotopic (exact) mass is 546 g/mol. The van der Waals surface area contributed by atoms with Crippen LogP contribution in [0.2, 0.25) is 0 Å². The van der Waals surface area contributed by atoms with Gasteiger partial charge in [-0.1, -0.05) is 0 Å². The zero-order chi connectivity index (χ0) is 18.2. The van der Waals surface area contributed by atoms with E-state index in [9.17, 15) is 39.5 Å². The van der Waals surface area contributed by atoms with E-state index < -0.39 is 36.4 Å². The molecular weight excluding hydrogens is 539 g/mol. The molecule has 9 nitrogen and oxygen atoms in total. The van der Waals surface area contributed by atoms with Crippen LogP contribution < -0.4 is 15.3 Å². The SMILES string of the molecule is O.O.O.O=C([O-])C(F)(F)F.O=C([O-])C(F)(F)F.O=C([O-])C(F)(F)F.[Eu+3]. The summed E-state index contributed by atoms with van der Waals surface area (Å²) in [6, 6.07) is 0. The second-order valence-electron chi connectivity index (χ2n) is 2.36. The Morgan fingerprint density at radius 1 is 0.480 bits per heavy atom. The van der Waals surface area contributed by atoms with Crippen molar-refractivity contribution in [3.05, 3.63) is 0 Å². The third-order valence-electron chi connectivity index (χ3n) is 0.694. The van der Waals surface area contributed by atoms with Gasteiger partial charge in [0.25, 0.3) is 0 Å². The van der Waals surface area contributed by atoms with Gasteiger partial charge >= 0.3 is 67.9 Å². The van der Waals surface area contributed by atoms with Gasteiger partial charge in [-0.2, -0.15) is 39.5 Å². The van der Waals surface area contributed by atoms with Crippen LogP contribution >= 0.6 is 0 Å². The molecule has 0 amide bonds. The quantitative estimate of drug-likeness (QED) is 0.273. The van der Waals surface area contributed by atoms with Gasteiger partial charge in [-0.15, -0.1) is 0 Å². The summed E-state index contributed by atoms with van der Waals surface area (Å²) in [7, 11) is 0. The number of aliphatic carboxylic acids is 3. The Hall–Kier alpha value is -0.756. The van der Waals surface area contributed by atoms with Crippen molar-refractivity contribution in [2.45, 2.75) is 18.5 Å². The van der Waals surface area contributed by atoms with Crippen LogP contribution in [0.15, 0.2) is 0 Å². The Morgan fingerprint density at radius 2 is 0.520 bits per heavy atom. The van der Waals surface area contributed by atoms with Gasteiger partial charge in [0, 0.05) is 0 Å². The average Bonchev–Trinajstić information content (AvgIpc) is 2.14. The maximum absolute atomic E-state index is 10.5. The summed E-state index contributed by atoms with van der Waals surface area (Å²) in [5.74, 6) is -9.02. The summed E-state index contributed by atoms with van der Waals surface area (Å²) >= 11 is 0. The van der Waals surface area contributed by atoms with Crippen LogP contribution in [-0.2, 0) is 14.4 Å². The Labute approximate surface area is 170 Å². The summed E-state index contributed by atoms with van der Waals surface area (Å²) < 4.78 is 94.6. The van der Waals surface area contributed by atoms with Gasteiger partial charge in [-0.25, -0.2) is 0 Å². The predicted molar refractivity (Wildman–Crippen MR) is 44.0 cm³/mol. The smallest absolute Gasteiger partial charge is 0.542 e. The van der Waals surface area contributed by atoms with Gasteiger partial charge in [0.2, 0.25) is 0 Å². The molecular formula is C6H6EuF9O9. The van der Waals surface area contributed by atoms with E-state index in [0.717, 1.165) is 0 Å². The molecule has 0 aliphatic rings. The van der Waals surface area contributed by atoms with Crippen molar-refractivity contribution >= 4 is 17.9 Å². The molecule has 0 heterocycles. The number of carbonyl (C=O) groups is 3. The van der Waals surface area contributed by atoms with E-state index in [0.29, 0.717) is 0 Å². The molecule has 0 spiro atoms. The van der Waals surface area contributed by atoms with Crippen molar-refractivity contribution in [2.24, 2.45) is 0 Å². The van der Waals surface area contributed by atoms with Crippen LogP contribution in [0.4, 0.5) is 39.5 Å². The molecule has 0 aromatic rings. The second-order valence-corrected chi connectivity index (χ2v) is 2.36. The summed E-state index contributed by atoms with van der Waals surface area (Å²) in [5, 5.41) is 26.4. The molecule has 0 atom stereocenters. The second kappa shape index (κ2) is 16.7. The molecule has 25 heavy (non-hydrogen) atoms. The first-order valence-corrected chi connectivity index (χ1v) is 3.68. The van der Waals surface area contributed by atoms with Gasteiger partial charge in [-0.3, -0.25) is 0 Å². The van der Waals surface area contributed by atoms with Gasteiger partial charge in [0.15, 0.2) is 0 Å². The first-order valence-electron chi connectivity index (χ1n) is 3.68. The van der Waals surface area contributed by atoms with Gasteiger partial charge in [0.05, 0.1) is 0 Å². The summed E-state index contributed by atoms with van der Waals surface area (Å²) in [4.78, 5) is 26.4. The number of alkyl halides is 9. The van der Waals surface area contributed by atoms with Crippen LogP contribution in [0.1, 0.15) is 0 Å². The minimum absolute atomic E-state index is 0. The van der Waals surface area contributed by atoms with Gasteiger partial charge in [0.1, 0.15) is 17.9 Å². The first kappa shape index (κ1) is 44.1. The fourth-order valence-electron chi connectivity index (χ4n) is 0. The van der Waals surface area contributed by atoms with E-state index in [-0.39, 0.29) is 65.8 Å². The molecule has 0 radical (unpaired) electrons.